The highest BCUT2D eigenvalue weighted by molar-refractivity contribution is 5.92. The van der Waals surface area contributed by atoms with Crippen LogP contribution in [0.4, 0.5) is 0 Å². The summed E-state index contributed by atoms with van der Waals surface area (Å²) in [5, 5.41) is 5.82. The van der Waals surface area contributed by atoms with E-state index in [1.165, 1.54) is 21.3 Å². The van der Waals surface area contributed by atoms with Crippen molar-refractivity contribution >= 4 is 29.6 Å². The fraction of sp³-hybridized carbons (Fsp3) is 0.698. The van der Waals surface area contributed by atoms with Crippen molar-refractivity contribution in [2.24, 2.45) is 23.5 Å². The summed E-state index contributed by atoms with van der Waals surface area (Å²) >= 11 is 0. The van der Waals surface area contributed by atoms with Gasteiger partial charge in [-0.2, -0.15) is 0 Å². The van der Waals surface area contributed by atoms with Crippen LogP contribution >= 0.6 is 0 Å². The summed E-state index contributed by atoms with van der Waals surface area (Å²) in [7, 11) is 7.86. The molecule has 1 aromatic rings. The van der Waals surface area contributed by atoms with Crippen molar-refractivity contribution in [1.29, 1.82) is 0 Å². The molecule has 0 aliphatic carbocycles. The summed E-state index contributed by atoms with van der Waals surface area (Å²) in [6.07, 6.45) is 0.903. The molecule has 4 amide bonds. The van der Waals surface area contributed by atoms with Gasteiger partial charge in [-0.25, -0.2) is 4.79 Å². The molecule has 1 aromatic carbocycles. The number of esters is 1. The number of rotatable bonds is 23. The average Bonchev–Trinajstić information content (AvgIpc) is 3.65. The van der Waals surface area contributed by atoms with E-state index in [0.29, 0.717) is 37.9 Å². The van der Waals surface area contributed by atoms with Crippen molar-refractivity contribution in [3.8, 4) is 0 Å². The number of hydrogen-bond acceptors (Lipinski definition) is 10. The Morgan fingerprint density at radius 2 is 1.60 bits per heavy atom. The van der Waals surface area contributed by atoms with Crippen LogP contribution in [0.15, 0.2) is 42.5 Å². The summed E-state index contributed by atoms with van der Waals surface area (Å²) in [6.45, 7) is 18.3. The van der Waals surface area contributed by atoms with Crippen LogP contribution in [-0.4, -0.2) is 141 Å². The highest BCUT2D eigenvalue weighted by Crippen LogP contribution is 2.30. The normalized spacial score (nSPS) is 19.1. The highest BCUT2D eigenvalue weighted by Gasteiger charge is 2.43. The van der Waals surface area contributed by atoms with Gasteiger partial charge in [0.2, 0.25) is 23.6 Å². The van der Waals surface area contributed by atoms with E-state index in [2.05, 4.69) is 17.2 Å². The molecule has 0 radical (unpaired) electrons. The van der Waals surface area contributed by atoms with Gasteiger partial charge >= 0.3 is 5.97 Å². The standard InChI is InChI=1S/C43H72N6O8/c1-14-28(6)38(48(10)42(53)36(26(2)3)46-41(52)37(27(4)5)47(9)25-29(7)44)34(55-11)24-35(50)49-22-18-21-33(49)39(56-12)30(8)40(51)45-32(43(54)57-13)23-31-19-16-15-17-20-31/h15-17,19-20,27-30,32-34,36-39H,2,14,18,21-25,44H2,1,3-13H3,(H,45,51)(H,46,52)/t28-,29+,30+,32-,33-,34+,36-,37-,38-,39+/m0/s1. The average molecular weight is 801 g/mol. The Bertz CT molecular complexity index is 1470. The van der Waals surface area contributed by atoms with Gasteiger partial charge in [-0.05, 0) is 56.7 Å². The number of carbonyl (C=O) groups excluding carboxylic acids is 5. The number of amides is 4. The second kappa shape index (κ2) is 23.5. The smallest absolute Gasteiger partial charge is 0.328 e. The molecule has 14 nitrogen and oxygen atoms in total. The summed E-state index contributed by atoms with van der Waals surface area (Å²) in [5.41, 5.74) is 7.39. The molecular formula is C43H72N6O8. The van der Waals surface area contributed by atoms with Crippen LogP contribution in [0.5, 0.6) is 0 Å². The summed E-state index contributed by atoms with van der Waals surface area (Å²) in [5.74, 6) is -2.64. The van der Waals surface area contributed by atoms with Crippen LogP contribution in [0.1, 0.15) is 79.7 Å². The Balaban J connectivity index is 2.30. The van der Waals surface area contributed by atoms with Gasteiger partial charge in [0.15, 0.2) is 0 Å². The van der Waals surface area contributed by atoms with E-state index in [1.54, 1.807) is 30.7 Å². The SMILES string of the molecule is C=C(C)[C@H](NC(=O)[C@H](C(C)C)N(C)C[C@@H](C)N)C(=O)N(C)[C@@H]([C@@H](C)CC)[C@@H](CC(=O)N1CCC[C@H]1[C@H](OC)[C@@H](C)C(=O)N[C@@H](Cc1ccccc1)C(=O)OC)OC. The molecule has 0 saturated carbocycles. The Morgan fingerprint density at radius 1 is 0.965 bits per heavy atom. The third-order valence-electron chi connectivity index (χ3n) is 11.3. The topological polar surface area (TPSA) is 173 Å². The molecule has 14 heteroatoms. The number of likely N-dealkylation sites (tertiary alicyclic amines) is 1. The molecule has 0 aromatic heterocycles. The molecule has 0 spiro atoms. The number of nitrogens with zero attached hydrogens (tertiary/aromatic N) is 3. The van der Waals surface area contributed by atoms with Crippen molar-refractivity contribution in [3.05, 3.63) is 48.0 Å². The zero-order chi connectivity index (χ0) is 43.1. The second-order valence-corrected chi connectivity index (χ2v) is 16.3. The van der Waals surface area contributed by atoms with Gasteiger partial charge in [-0.15, -0.1) is 0 Å². The Morgan fingerprint density at radius 3 is 2.11 bits per heavy atom. The maximum absolute atomic E-state index is 14.3. The number of hydrogen-bond donors (Lipinski definition) is 3. The first kappa shape index (κ1) is 49.3. The van der Waals surface area contributed by atoms with Crippen LogP contribution in [-0.2, 0) is 44.6 Å². The first-order valence-corrected chi connectivity index (χ1v) is 20.3. The lowest BCUT2D eigenvalue weighted by molar-refractivity contribution is -0.148. The van der Waals surface area contributed by atoms with Crippen LogP contribution in [0.2, 0.25) is 0 Å². The Hall–Kier alpha value is -3.85. The van der Waals surface area contributed by atoms with E-state index in [1.807, 2.05) is 76.9 Å². The highest BCUT2D eigenvalue weighted by atomic mass is 16.5. The maximum atomic E-state index is 14.3. The zero-order valence-corrected chi connectivity index (χ0v) is 36.6. The van der Waals surface area contributed by atoms with E-state index in [4.69, 9.17) is 19.9 Å². The first-order valence-electron chi connectivity index (χ1n) is 20.3. The van der Waals surface area contributed by atoms with Crippen molar-refractivity contribution in [1.82, 2.24) is 25.3 Å². The number of methoxy groups -OCH3 is 3. The zero-order valence-electron chi connectivity index (χ0n) is 36.6. The molecule has 10 atom stereocenters. The van der Waals surface area contributed by atoms with Crippen molar-refractivity contribution < 1.29 is 38.2 Å². The Labute approximate surface area is 341 Å². The minimum atomic E-state index is -1.00. The van der Waals surface area contributed by atoms with E-state index < -0.39 is 60.2 Å². The molecule has 1 aliphatic rings. The molecule has 57 heavy (non-hydrogen) atoms. The molecule has 0 unspecified atom stereocenters. The van der Waals surface area contributed by atoms with Crippen molar-refractivity contribution in [2.45, 2.75) is 129 Å². The predicted octanol–water partition coefficient (Wildman–Crippen LogP) is 3.17. The van der Waals surface area contributed by atoms with Crippen LogP contribution in [0, 0.1) is 17.8 Å². The van der Waals surface area contributed by atoms with Gasteiger partial charge in [0.1, 0.15) is 12.1 Å². The molecule has 2 rings (SSSR count). The van der Waals surface area contributed by atoms with E-state index in [-0.39, 0.29) is 48.4 Å². The molecule has 1 heterocycles. The minimum Gasteiger partial charge on any atom is -0.467 e. The number of carbonyl (C=O) groups is 5. The monoisotopic (exact) mass is 801 g/mol. The lowest BCUT2D eigenvalue weighted by atomic mass is 9.89. The van der Waals surface area contributed by atoms with E-state index >= 15 is 0 Å². The van der Waals surface area contributed by atoms with Gasteiger partial charge in [-0.1, -0.05) is 78.0 Å². The molecule has 4 N–H and O–H groups in total. The quantitative estimate of drug-likeness (QED) is 0.110. The molecule has 1 aliphatic heterocycles. The summed E-state index contributed by atoms with van der Waals surface area (Å²) in [4.78, 5) is 73.9. The molecule has 1 saturated heterocycles. The predicted molar refractivity (Wildman–Crippen MR) is 222 cm³/mol. The second-order valence-electron chi connectivity index (χ2n) is 16.3. The third-order valence-corrected chi connectivity index (χ3v) is 11.3. The molecule has 322 valence electrons. The van der Waals surface area contributed by atoms with Gasteiger partial charge < -0.3 is 40.4 Å². The number of nitrogens with one attached hydrogen (secondary N) is 2. The number of likely N-dealkylation sites (N-methyl/N-ethyl adjacent to an activating group) is 2. The summed E-state index contributed by atoms with van der Waals surface area (Å²) < 4.78 is 16.9. The van der Waals surface area contributed by atoms with Crippen LogP contribution in [0.3, 0.4) is 0 Å². The lowest BCUT2D eigenvalue weighted by Crippen LogP contribution is -2.59. The third kappa shape index (κ3) is 13.6. The number of ether oxygens (including phenoxy) is 3. The molecule has 0 bridgehead atoms. The van der Waals surface area contributed by atoms with Gasteiger partial charge in [0, 0.05) is 46.8 Å². The van der Waals surface area contributed by atoms with Crippen molar-refractivity contribution in [3.63, 3.8) is 0 Å². The summed E-state index contributed by atoms with van der Waals surface area (Å²) in [6, 6.07) is 5.85. The van der Waals surface area contributed by atoms with Crippen LogP contribution < -0.4 is 16.4 Å². The fourth-order valence-corrected chi connectivity index (χ4v) is 8.20. The maximum Gasteiger partial charge on any atom is 0.328 e. The largest absolute Gasteiger partial charge is 0.467 e. The minimum absolute atomic E-state index is 0.0281. The van der Waals surface area contributed by atoms with E-state index in [0.717, 1.165) is 5.56 Å². The van der Waals surface area contributed by atoms with E-state index in [9.17, 15) is 24.0 Å². The lowest BCUT2D eigenvalue weighted by Gasteiger charge is -2.40. The molecule has 1 fully saturated rings. The van der Waals surface area contributed by atoms with Crippen molar-refractivity contribution in [2.75, 3.05) is 48.5 Å². The first-order chi connectivity index (χ1) is 26.8. The fourth-order valence-electron chi connectivity index (χ4n) is 8.20. The number of nitrogens with two attached hydrogens (primary N) is 1. The van der Waals surface area contributed by atoms with Gasteiger partial charge in [0.05, 0.1) is 49.8 Å². The molecular weight excluding hydrogens is 729 g/mol. The number of benzene rings is 1. The van der Waals surface area contributed by atoms with Gasteiger partial charge in [0.25, 0.3) is 0 Å². The van der Waals surface area contributed by atoms with Gasteiger partial charge in [-0.3, -0.25) is 24.1 Å². The van der Waals surface area contributed by atoms with Crippen LogP contribution in [0.25, 0.3) is 0 Å². The Kier molecular flexibility index (Phi) is 20.3.